The summed E-state index contributed by atoms with van der Waals surface area (Å²) in [5.74, 6) is -1.33. The van der Waals surface area contributed by atoms with E-state index in [1.54, 1.807) is 0 Å². The van der Waals surface area contributed by atoms with Crippen molar-refractivity contribution in [2.75, 3.05) is 0 Å². The van der Waals surface area contributed by atoms with Crippen molar-refractivity contribution in [1.82, 2.24) is 9.78 Å². The predicted octanol–water partition coefficient (Wildman–Crippen LogP) is -0.589. The molecule has 0 aliphatic rings. The Morgan fingerprint density at radius 2 is 2.29 bits per heavy atom. The van der Waals surface area contributed by atoms with Crippen LogP contribution in [0.5, 0.6) is 0 Å². The van der Waals surface area contributed by atoms with Gasteiger partial charge in [-0.15, -0.1) is 0 Å². The zero-order valence-electron chi connectivity index (χ0n) is 7.63. The lowest BCUT2D eigenvalue weighted by Crippen LogP contribution is -2.31. The molecule has 0 saturated heterocycles. The number of nitro groups is 1. The van der Waals surface area contributed by atoms with Crippen molar-refractivity contribution in [1.29, 1.82) is 0 Å². The van der Waals surface area contributed by atoms with Gasteiger partial charge in [0, 0.05) is 0 Å². The number of aromatic nitrogens is 2. The number of carbonyl (C=O) groups excluding carboxylic acids is 1. The van der Waals surface area contributed by atoms with Gasteiger partial charge >= 0.3 is 5.69 Å². The van der Waals surface area contributed by atoms with E-state index in [2.05, 4.69) is 5.10 Å². The van der Waals surface area contributed by atoms with Crippen molar-refractivity contribution in [3.8, 4) is 0 Å². The molecule has 0 fully saturated rings. The molecule has 7 heteroatoms. The van der Waals surface area contributed by atoms with Gasteiger partial charge in [-0.2, -0.15) is 5.10 Å². The standard InChI is InChI=1S/C7H9N3O4/c1-4-6(10(13)14)3-9(8-4)5(2)7(11)12/h3,5H,1-2H3,(H,11,12)/p-1/t5-/m1/s1. The van der Waals surface area contributed by atoms with Crippen molar-refractivity contribution in [2.24, 2.45) is 0 Å². The van der Waals surface area contributed by atoms with Crippen LogP contribution in [0.15, 0.2) is 6.20 Å². The molecule has 1 aromatic heterocycles. The monoisotopic (exact) mass is 198 g/mol. The molecule has 14 heavy (non-hydrogen) atoms. The zero-order chi connectivity index (χ0) is 10.9. The van der Waals surface area contributed by atoms with Gasteiger partial charge in [-0.25, -0.2) is 0 Å². The Labute approximate surface area is 79.1 Å². The highest BCUT2D eigenvalue weighted by Crippen LogP contribution is 2.17. The summed E-state index contributed by atoms with van der Waals surface area (Å²) in [4.78, 5) is 20.3. The number of carboxylic acid groups (broad SMARTS) is 1. The van der Waals surface area contributed by atoms with E-state index in [9.17, 15) is 20.0 Å². The number of rotatable bonds is 3. The van der Waals surface area contributed by atoms with E-state index in [4.69, 9.17) is 0 Å². The van der Waals surface area contributed by atoms with Crippen molar-refractivity contribution in [3.63, 3.8) is 0 Å². The van der Waals surface area contributed by atoms with E-state index in [1.165, 1.54) is 13.8 Å². The Hall–Kier alpha value is -1.92. The molecular weight excluding hydrogens is 190 g/mol. The quantitative estimate of drug-likeness (QED) is 0.477. The van der Waals surface area contributed by atoms with Gasteiger partial charge in [0.2, 0.25) is 0 Å². The predicted molar refractivity (Wildman–Crippen MR) is 43.3 cm³/mol. The maximum absolute atomic E-state index is 10.4. The second-order valence-electron chi connectivity index (χ2n) is 2.83. The summed E-state index contributed by atoms with van der Waals surface area (Å²) in [6.45, 7) is 2.78. The summed E-state index contributed by atoms with van der Waals surface area (Å²) in [7, 11) is 0. The first-order valence-corrected chi connectivity index (χ1v) is 3.84. The Kier molecular flexibility index (Phi) is 2.50. The maximum Gasteiger partial charge on any atom is 0.309 e. The summed E-state index contributed by atoms with van der Waals surface area (Å²) >= 11 is 0. The first kappa shape index (κ1) is 10.2. The fourth-order valence-corrected chi connectivity index (χ4v) is 0.958. The van der Waals surface area contributed by atoms with E-state index in [0.717, 1.165) is 10.9 Å². The molecular formula is C7H8N3O4-. The Morgan fingerprint density at radius 1 is 1.71 bits per heavy atom. The van der Waals surface area contributed by atoms with E-state index in [0.29, 0.717) is 0 Å². The summed E-state index contributed by atoms with van der Waals surface area (Å²) < 4.78 is 1.00. The third kappa shape index (κ3) is 1.70. The Morgan fingerprint density at radius 3 is 2.64 bits per heavy atom. The van der Waals surface area contributed by atoms with Crippen molar-refractivity contribution >= 4 is 11.7 Å². The molecule has 7 nitrogen and oxygen atoms in total. The third-order valence-electron chi connectivity index (χ3n) is 1.83. The fourth-order valence-electron chi connectivity index (χ4n) is 0.958. The molecule has 0 saturated carbocycles. The molecule has 0 aliphatic carbocycles. The molecule has 1 heterocycles. The zero-order valence-corrected chi connectivity index (χ0v) is 7.63. The Bertz CT molecular complexity index is 384. The second kappa shape index (κ2) is 3.44. The summed E-state index contributed by atoms with van der Waals surface area (Å²) in [6, 6.07) is -1.01. The molecule has 0 N–H and O–H groups in total. The van der Waals surface area contributed by atoms with Gasteiger partial charge < -0.3 is 9.90 Å². The van der Waals surface area contributed by atoms with Gasteiger partial charge in [0.1, 0.15) is 11.9 Å². The molecule has 1 aromatic rings. The van der Waals surface area contributed by atoms with Crippen LogP contribution < -0.4 is 5.11 Å². The average molecular weight is 198 g/mol. The number of hydrogen-bond acceptors (Lipinski definition) is 5. The topological polar surface area (TPSA) is 101 Å². The number of carbonyl (C=O) groups is 1. The molecule has 0 amide bonds. The SMILES string of the molecule is Cc1nn([C@H](C)C(=O)[O-])cc1[N+](=O)[O-]. The van der Waals surface area contributed by atoms with Gasteiger partial charge in [0.15, 0.2) is 0 Å². The van der Waals surface area contributed by atoms with Crippen LogP contribution >= 0.6 is 0 Å². The molecule has 0 bridgehead atoms. The first-order chi connectivity index (χ1) is 6.43. The van der Waals surface area contributed by atoms with E-state index in [-0.39, 0.29) is 11.4 Å². The minimum atomic E-state index is -1.33. The van der Waals surface area contributed by atoms with E-state index < -0.39 is 16.9 Å². The highest BCUT2D eigenvalue weighted by molar-refractivity contribution is 5.68. The molecule has 1 rings (SSSR count). The number of hydrogen-bond donors (Lipinski definition) is 0. The minimum Gasteiger partial charge on any atom is -0.548 e. The lowest BCUT2D eigenvalue weighted by atomic mass is 10.3. The number of aryl methyl sites for hydroxylation is 1. The largest absolute Gasteiger partial charge is 0.548 e. The van der Waals surface area contributed by atoms with Crippen LogP contribution in [0.2, 0.25) is 0 Å². The lowest BCUT2D eigenvalue weighted by Gasteiger charge is -2.11. The number of aliphatic carboxylic acids is 1. The first-order valence-electron chi connectivity index (χ1n) is 3.84. The molecule has 0 spiro atoms. The summed E-state index contributed by atoms with van der Waals surface area (Å²) in [6.07, 6.45) is 1.08. The van der Waals surface area contributed by atoms with Crippen LogP contribution in [-0.4, -0.2) is 20.7 Å². The molecule has 1 atom stereocenters. The van der Waals surface area contributed by atoms with Crippen LogP contribution in [-0.2, 0) is 4.79 Å². The maximum atomic E-state index is 10.4. The van der Waals surface area contributed by atoms with E-state index in [1.807, 2.05) is 0 Å². The Balaban J connectivity index is 3.08. The van der Waals surface area contributed by atoms with Crippen LogP contribution in [0.4, 0.5) is 5.69 Å². The molecule has 0 aromatic carbocycles. The fraction of sp³-hybridized carbons (Fsp3) is 0.429. The van der Waals surface area contributed by atoms with Crippen molar-refractivity contribution < 1.29 is 14.8 Å². The summed E-state index contributed by atoms with van der Waals surface area (Å²) in [5, 5.41) is 24.6. The highest BCUT2D eigenvalue weighted by Gasteiger charge is 2.18. The van der Waals surface area contributed by atoms with Gasteiger partial charge in [-0.05, 0) is 13.8 Å². The van der Waals surface area contributed by atoms with Gasteiger partial charge in [0.25, 0.3) is 0 Å². The van der Waals surface area contributed by atoms with Gasteiger partial charge in [-0.3, -0.25) is 14.8 Å². The summed E-state index contributed by atoms with van der Waals surface area (Å²) in [5.41, 5.74) is -0.0128. The minimum absolute atomic E-state index is 0.183. The normalized spacial score (nSPS) is 12.4. The third-order valence-corrected chi connectivity index (χ3v) is 1.83. The second-order valence-corrected chi connectivity index (χ2v) is 2.83. The van der Waals surface area contributed by atoms with E-state index >= 15 is 0 Å². The average Bonchev–Trinajstić information content (AvgIpc) is 2.45. The van der Waals surface area contributed by atoms with Gasteiger partial charge in [0.05, 0.1) is 16.9 Å². The van der Waals surface area contributed by atoms with Crippen molar-refractivity contribution in [3.05, 3.63) is 22.0 Å². The highest BCUT2D eigenvalue weighted by atomic mass is 16.6. The molecule has 0 radical (unpaired) electrons. The van der Waals surface area contributed by atoms with Crippen LogP contribution in [0, 0.1) is 17.0 Å². The van der Waals surface area contributed by atoms with Crippen LogP contribution in [0.25, 0.3) is 0 Å². The lowest BCUT2D eigenvalue weighted by molar-refractivity contribution is -0.385. The van der Waals surface area contributed by atoms with Crippen LogP contribution in [0.3, 0.4) is 0 Å². The molecule has 76 valence electrons. The van der Waals surface area contributed by atoms with Crippen molar-refractivity contribution in [2.45, 2.75) is 19.9 Å². The number of carboxylic acids is 1. The smallest absolute Gasteiger partial charge is 0.309 e. The van der Waals surface area contributed by atoms with Gasteiger partial charge in [-0.1, -0.05) is 0 Å². The molecule has 0 unspecified atom stereocenters. The van der Waals surface area contributed by atoms with Crippen LogP contribution in [0.1, 0.15) is 18.7 Å². The number of nitrogens with zero attached hydrogens (tertiary/aromatic N) is 3. The molecule has 0 aliphatic heterocycles.